The number of nitrogens with one attached hydrogen (secondary N) is 1. The van der Waals surface area contributed by atoms with Crippen LogP contribution in [-0.2, 0) is 9.47 Å². The molecule has 0 aromatic carbocycles. The Kier molecular flexibility index (Phi) is 5.03. The van der Waals surface area contributed by atoms with Crippen LogP contribution in [0.15, 0.2) is 0 Å². The highest BCUT2D eigenvalue weighted by atomic mass is 16.5. The predicted octanol–water partition coefficient (Wildman–Crippen LogP) is 0.333. The fraction of sp³-hybridized carbons (Fsp3) is 1.00. The van der Waals surface area contributed by atoms with Crippen molar-refractivity contribution in [3.05, 3.63) is 0 Å². The zero-order valence-corrected chi connectivity index (χ0v) is 10.3. The molecule has 2 heterocycles. The summed E-state index contributed by atoms with van der Waals surface area (Å²) >= 11 is 0. The SMILES string of the molecule is CCN1CCOC(CNCC2CCOC2)C1. The second kappa shape index (κ2) is 6.55. The Morgan fingerprint density at radius 2 is 2.25 bits per heavy atom. The summed E-state index contributed by atoms with van der Waals surface area (Å²) in [4.78, 5) is 2.45. The van der Waals surface area contributed by atoms with Gasteiger partial charge in [0, 0.05) is 32.8 Å². The van der Waals surface area contributed by atoms with Crippen molar-refractivity contribution in [2.24, 2.45) is 5.92 Å². The molecule has 16 heavy (non-hydrogen) atoms. The van der Waals surface area contributed by atoms with Crippen LogP contribution in [0, 0.1) is 5.92 Å². The second-order valence-corrected chi connectivity index (χ2v) is 4.77. The van der Waals surface area contributed by atoms with Crippen LogP contribution in [0.25, 0.3) is 0 Å². The van der Waals surface area contributed by atoms with Crippen molar-refractivity contribution >= 4 is 0 Å². The van der Waals surface area contributed by atoms with Crippen LogP contribution >= 0.6 is 0 Å². The zero-order valence-electron chi connectivity index (χ0n) is 10.3. The Morgan fingerprint density at radius 3 is 3.00 bits per heavy atom. The number of nitrogens with zero attached hydrogens (tertiary/aromatic N) is 1. The Labute approximate surface area is 98.3 Å². The lowest BCUT2D eigenvalue weighted by Crippen LogP contribution is -2.47. The summed E-state index contributed by atoms with van der Waals surface area (Å²) in [5, 5.41) is 3.51. The van der Waals surface area contributed by atoms with Gasteiger partial charge in [-0.1, -0.05) is 6.92 Å². The molecule has 4 heteroatoms. The van der Waals surface area contributed by atoms with Crippen LogP contribution in [0.2, 0.25) is 0 Å². The first-order valence-corrected chi connectivity index (χ1v) is 6.51. The Balaban J connectivity index is 1.58. The molecule has 0 aromatic heterocycles. The molecule has 0 aromatic rings. The van der Waals surface area contributed by atoms with E-state index in [1.54, 1.807) is 0 Å². The molecule has 2 aliphatic heterocycles. The minimum atomic E-state index is 0.371. The summed E-state index contributed by atoms with van der Waals surface area (Å²) in [6.07, 6.45) is 1.58. The van der Waals surface area contributed by atoms with Gasteiger partial charge in [-0.25, -0.2) is 0 Å². The van der Waals surface area contributed by atoms with Crippen LogP contribution in [0.4, 0.5) is 0 Å². The van der Waals surface area contributed by atoms with E-state index in [1.807, 2.05) is 0 Å². The van der Waals surface area contributed by atoms with E-state index in [2.05, 4.69) is 17.1 Å². The summed E-state index contributed by atoms with van der Waals surface area (Å²) in [7, 11) is 0. The van der Waals surface area contributed by atoms with Gasteiger partial charge in [0.1, 0.15) is 0 Å². The van der Waals surface area contributed by atoms with Crippen molar-refractivity contribution in [1.29, 1.82) is 0 Å². The average Bonchev–Trinajstić information content (AvgIpc) is 2.82. The molecule has 1 N–H and O–H groups in total. The molecule has 0 amide bonds. The molecule has 2 aliphatic rings. The molecule has 0 saturated carbocycles. The minimum absolute atomic E-state index is 0.371. The van der Waals surface area contributed by atoms with Crippen molar-refractivity contribution in [3.63, 3.8) is 0 Å². The van der Waals surface area contributed by atoms with Crippen molar-refractivity contribution in [1.82, 2.24) is 10.2 Å². The fourth-order valence-corrected chi connectivity index (χ4v) is 2.38. The lowest BCUT2D eigenvalue weighted by atomic mass is 10.1. The normalized spacial score (nSPS) is 32.1. The van der Waals surface area contributed by atoms with E-state index < -0.39 is 0 Å². The highest BCUT2D eigenvalue weighted by molar-refractivity contribution is 4.74. The third-order valence-corrected chi connectivity index (χ3v) is 3.50. The monoisotopic (exact) mass is 228 g/mol. The van der Waals surface area contributed by atoms with Gasteiger partial charge in [-0.05, 0) is 18.9 Å². The first kappa shape index (κ1) is 12.3. The first-order valence-electron chi connectivity index (χ1n) is 6.51. The summed E-state index contributed by atoms with van der Waals surface area (Å²) in [6, 6.07) is 0. The molecule has 2 atom stereocenters. The highest BCUT2D eigenvalue weighted by Gasteiger charge is 2.20. The molecule has 0 bridgehead atoms. The van der Waals surface area contributed by atoms with Crippen LogP contribution in [0.1, 0.15) is 13.3 Å². The van der Waals surface area contributed by atoms with Crippen molar-refractivity contribution in [2.75, 3.05) is 52.5 Å². The molecular formula is C12H24N2O2. The molecule has 2 rings (SSSR count). The first-order chi connectivity index (χ1) is 7.88. The molecule has 2 unspecified atom stereocenters. The molecule has 0 spiro atoms. The molecule has 0 aliphatic carbocycles. The van der Waals surface area contributed by atoms with Gasteiger partial charge < -0.3 is 14.8 Å². The Bertz CT molecular complexity index is 195. The molecule has 2 fully saturated rings. The number of rotatable bonds is 5. The topological polar surface area (TPSA) is 33.7 Å². The van der Waals surface area contributed by atoms with Crippen molar-refractivity contribution in [2.45, 2.75) is 19.4 Å². The van der Waals surface area contributed by atoms with Gasteiger partial charge in [0.15, 0.2) is 0 Å². The van der Waals surface area contributed by atoms with Gasteiger partial charge in [-0.15, -0.1) is 0 Å². The summed E-state index contributed by atoms with van der Waals surface area (Å²) in [5.74, 6) is 0.714. The lowest BCUT2D eigenvalue weighted by molar-refractivity contribution is -0.0255. The van der Waals surface area contributed by atoms with E-state index in [0.717, 1.165) is 52.5 Å². The van der Waals surface area contributed by atoms with Crippen molar-refractivity contribution < 1.29 is 9.47 Å². The quantitative estimate of drug-likeness (QED) is 0.735. The molecule has 2 saturated heterocycles. The van der Waals surface area contributed by atoms with Gasteiger partial charge in [0.05, 0.1) is 19.3 Å². The molecule has 4 nitrogen and oxygen atoms in total. The van der Waals surface area contributed by atoms with Crippen LogP contribution in [-0.4, -0.2) is 63.5 Å². The number of hydrogen-bond donors (Lipinski definition) is 1. The number of hydrogen-bond acceptors (Lipinski definition) is 4. The third kappa shape index (κ3) is 3.70. The third-order valence-electron chi connectivity index (χ3n) is 3.50. The van der Waals surface area contributed by atoms with Crippen molar-refractivity contribution in [3.8, 4) is 0 Å². The van der Waals surface area contributed by atoms with E-state index in [-0.39, 0.29) is 0 Å². The van der Waals surface area contributed by atoms with Crippen LogP contribution < -0.4 is 5.32 Å². The van der Waals surface area contributed by atoms with E-state index >= 15 is 0 Å². The maximum atomic E-state index is 5.74. The van der Waals surface area contributed by atoms with E-state index in [4.69, 9.17) is 9.47 Å². The van der Waals surface area contributed by atoms with E-state index in [9.17, 15) is 0 Å². The molecule has 94 valence electrons. The second-order valence-electron chi connectivity index (χ2n) is 4.77. The smallest absolute Gasteiger partial charge is 0.0826 e. The minimum Gasteiger partial charge on any atom is -0.381 e. The summed E-state index contributed by atoms with van der Waals surface area (Å²) in [5.41, 5.74) is 0. The van der Waals surface area contributed by atoms with Gasteiger partial charge in [0.25, 0.3) is 0 Å². The predicted molar refractivity (Wildman–Crippen MR) is 63.6 cm³/mol. The standard InChI is InChI=1S/C12H24N2O2/c1-2-14-4-6-16-12(9-14)8-13-7-11-3-5-15-10-11/h11-13H,2-10H2,1H3. The fourth-order valence-electron chi connectivity index (χ4n) is 2.38. The van der Waals surface area contributed by atoms with E-state index in [0.29, 0.717) is 12.0 Å². The summed E-state index contributed by atoms with van der Waals surface area (Å²) in [6.45, 7) is 10.3. The van der Waals surface area contributed by atoms with Gasteiger partial charge in [-0.3, -0.25) is 4.90 Å². The largest absolute Gasteiger partial charge is 0.381 e. The maximum absolute atomic E-state index is 5.74. The van der Waals surface area contributed by atoms with Crippen LogP contribution in [0.5, 0.6) is 0 Å². The van der Waals surface area contributed by atoms with E-state index in [1.165, 1.54) is 6.42 Å². The Hall–Kier alpha value is -0.160. The average molecular weight is 228 g/mol. The highest BCUT2D eigenvalue weighted by Crippen LogP contribution is 2.11. The maximum Gasteiger partial charge on any atom is 0.0826 e. The number of morpholine rings is 1. The van der Waals surface area contributed by atoms with Crippen LogP contribution in [0.3, 0.4) is 0 Å². The number of likely N-dealkylation sites (N-methyl/N-ethyl adjacent to an activating group) is 1. The molecular weight excluding hydrogens is 204 g/mol. The summed E-state index contributed by atoms with van der Waals surface area (Å²) < 4.78 is 11.1. The van der Waals surface area contributed by atoms with Gasteiger partial charge >= 0.3 is 0 Å². The van der Waals surface area contributed by atoms with Gasteiger partial charge in [0.2, 0.25) is 0 Å². The lowest BCUT2D eigenvalue weighted by Gasteiger charge is -2.32. The number of ether oxygens (including phenoxy) is 2. The zero-order chi connectivity index (χ0) is 11.2. The van der Waals surface area contributed by atoms with Gasteiger partial charge in [-0.2, -0.15) is 0 Å². The Morgan fingerprint density at radius 1 is 1.31 bits per heavy atom. The molecule has 0 radical (unpaired) electrons.